The second-order valence-corrected chi connectivity index (χ2v) is 7.23. The van der Waals surface area contributed by atoms with Gasteiger partial charge < -0.3 is 5.73 Å². The van der Waals surface area contributed by atoms with Crippen molar-refractivity contribution in [3.63, 3.8) is 0 Å². The normalized spacial score (nSPS) is 11.3. The minimum absolute atomic E-state index is 0.104. The zero-order chi connectivity index (χ0) is 24.6. The smallest absolute Gasteiger partial charge is 0.364 e. The van der Waals surface area contributed by atoms with Crippen molar-refractivity contribution in [2.75, 3.05) is 0 Å². The summed E-state index contributed by atoms with van der Waals surface area (Å²) in [4.78, 5) is 29.2. The summed E-state index contributed by atoms with van der Waals surface area (Å²) >= 11 is 0. The number of hydrogen-bond acceptors (Lipinski definition) is 5. The van der Waals surface area contributed by atoms with E-state index in [2.05, 4.69) is 10.1 Å². The lowest BCUT2D eigenvalue weighted by Gasteiger charge is -2.17. The summed E-state index contributed by atoms with van der Waals surface area (Å²) in [7, 11) is 0. The average molecular weight is 464 g/mol. The highest BCUT2D eigenvalue weighted by Gasteiger charge is 2.31. The number of primary amides is 1. The first-order valence-electron chi connectivity index (χ1n) is 9.78. The molecule has 4 rings (SSSR count). The molecule has 0 aliphatic heterocycles. The molecule has 0 unspecified atom stereocenters. The second kappa shape index (κ2) is 8.32. The number of aromatic nitrogens is 4. The molecule has 4 aromatic rings. The maximum absolute atomic E-state index is 13.3. The van der Waals surface area contributed by atoms with Crippen LogP contribution in [-0.4, -0.2) is 25.2 Å². The lowest BCUT2D eigenvalue weighted by molar-refractivity contribution is -0.137. The molecule has 1 amide bonds. The third-order valence-corrected chi connectivity index (χ3v) is 5.10. The number of hydrogen-bond donors (Lipinski definition) is 1. The van der Waals surface area contributed by atoms with Crippen LogP contribution in [0.5, 0.6) is 0 Å². The first-order valence-corrected chi connectivity index (χ1v) is 9.78. The van der Waals surface area contributed by atoms with Crippen molar-refractivity contribution in [1.29, 1.82) is 5.26 Å². The first kappa shape index (κ1) is 22.5. The monoisotopic (exact) mass is 464 g/mol. The Bertz CT molecular complexity index is 1510. The number of carbonyl (C=O) groups excluding carboxylic acids is 1. The molecule has 0 saturated heterocycles. The Labute approximate surface area is 190 Å². The fourth-order valence-electron chi connectivity index (χ4n) is 3.51. The lowest BCUT2D eigenvalue weighted by atomic mass is 10.1. The van der Waals surface area contributed by atoms with Gasteiger partial charge in [-0.15, -0.1) is 0 Å². The van der Waals surface area contributed by atoms with Gasteiger partial charge in [0.2, 0.25) is 0 Å². The molecule has 34 heavy (non-hydrogen) atoms. The van der Waals surface area contributed by atoms with Crippen LogP contribution in [0.3, 0.4) is 0 Å². The van der Waals surface area contributed by atoms with Crippen LogP contribution < -0.4 is 11.3 Å². The Morgan fingerprint density at radius 2 is 1.79 bits per heavy atom. The summed E-state index contributed by atoms with van der Waals surface area (Å²) in [6.07, 6.45) is -3.18. The van der Waals surface area contributed by atoms with Crippen molar-refractivity contribution in [1.82, 2.24) is 19.3 Å². The Hall–Kier alpha value is -4.72. The molecule has 2 aromatic heterocycles. The van der Waals surface area contributed by atoms with Crippen molar-refractivity contribution in [3.8, 4) is 28.8 Å². The Morgan fingerprint density at radius 1 is 1.09 bits per heavy atom. The minimum atomic E-state index is -4.63. The van der Waals surface area contributed by atoms with Crippen molar-refractivity contribution in [3.05, 3.63) is 93.7 Å². The summed E-state index contributed by atoms with van der Waals surface area (Å²) in [5.41, 5.74) is 4.35. The maximum atomic E-state index is 13.3. The van der Waals surface area contributed by atoms with Crippen molar-refractivity contribution >= 4 is 5.91 Å². The molecule has 0 atom stereocenters. The Balaban J connectivity index is 1.98. The van der Waals surface area contributed by atoms with Gasteiger partial charge >= 0.3 is 6.18 Å². The maximum Gasteiger partial charge on any atom is 0.416 e. The molecular formula is C23H15F3N6O2. The van der Waals surface area contributed by atoms with Crippen LogP contribution in [0.4, 0.5) is 13.2 Å². The summed E-state index contributed by atoms with van der Waals surface area (Å²) in [6, 6.07) is 14.2. The molecule has 0 aliphatic rings. The molecule has 8 nitrogen and oxygen atoms in total. The van der Waals surface area contributed by atoms with Gasteiger partial charge in [0.15, 0.2) is 5.69 Å². The van der Waals surface area contributed by atoms with Crippen LogP contribution in [0.2, 0.25) is 0 Å². The molecule has 0 fully saturated rings. The molecule has 0 bridgehead atoms. The number of nitrogens with zero attached hydrogens (tertiary/aromatic N) is 5. The molecule has 0 aliphatic carbocycles. The molecule has 2 aromatic carbocycles. The van der Waals surface area contributed by atoms with Crippen LogP contribution in [-0.2, 0) is 6.18 Å². The molecule has 11 heteroatoms. The Morgan fingerprint density at radius 3 is 2.41 bits per heavy atom. The summed E-state index contributed by atoms with van der Waals surface area (Å²) in [5, 5.41) is 13.3. The van der Waals surface area contributed by atoms with E-state index in [4.69, 9.17) is 11.0 Å². The van der Waals surface area contributed by atoms with Gasteiger partial charge in [-0.2, -0.15) is 23.5 Å². The number of amides is 1. The molecule has 170 valence electrons. The largest absolute Gasteiger partial charge is 0.416 e. The number of rotatable bonds is 4. The number of nitriles is 1. The lowest BCUT2D eigenvalue weighted by Crippen LogP contribution is -2.32. The quantitative estimate of drug-likeness (QED) is 0.497. The molecule has 2 N–H and O–H groups in total. The van der Waals surface area contributed by atoms with Gasteiger partial charge in [-0.1, -0.05) is 6.07 Å². The predicted molar refractivity (Wildman–Crippen MR) is 115 cm³/mol. The summed E-state index contributed by atoms with van der Waals surface area (Å²) in [6.45, 7) is 1.49. The van der Waals surface area contributed by atoms with Crippen LogP contribution >= 0.6 is 0 Å². The number of alkyl halides is 3. The zero-order valence-electron chi connectivity index (χ0n) is 17.5. The van der Waals surface area contributed by atoms with Crippen LogP contribution in [0.15, 0.2) is 65.6 Å². The zero-order valence-corrected chi connectivity index (χ0v) is 17.5. The number of benzene rings is 2. The van der Waals surface area contributed by atoms with Crippen LogP contribution in [0.25, 0.3) is 22.8 Å². The van der Waals surface area contributed by atoms with E-state index in [0.29, 0.717) is 16.9 Å². The van der Waals surface area contributed by atoms with Gasteiger partial charge in [0, 0.05) is 5.69 Å². The van der Waals surface area contributed by atoms with E-state index in [1.165, 1.54) is 23.9 Å². The number of halogens is 3. The van der Waals surface area contributed by atoms with Crippen molar-refractivity contribution in [2.45, 2.75) is 13.1 Å². The highest BCUT2D eigenvalue weighted by Crippen LogP contribution is 2.31. The van der Waals surface area contributed by atoms with Crippen molar-refractivity contribution in [2.24, 2.45) is 5.73 Å². The standard InChI is InChI=1S/C23H15F3N6O2/c1-13-19(18-9-10-29-32(18)16-7-5-14(12-27)6-8-16)30-20(21(28)33)22(34)31(13)17-4-2-3-15(11-17)23(24,25)26/h2-11H,1H3,(H2,28,33). The number of carbonyl (C=O) groups is 1. The minimum Gasteiger partial charge on any atom is -0.364 e. The third kappa shape index (κ3) is 3.93. The van der Waals surface area contributed by atoms with Crippen LogP contribution in [0.1, 0.15) is 27.3 Å². The van der Waals surface area contributed by atoms with Gasteiger partial charge in [0.05, 0.1) is 40.5 Å². The van der Waals surface area contributed by atoms with Gasteiger partial charge in [-0.05, 0) is 55.5 Å². The van der Waals surface area contributed by atoms with E-state index >= 15 is 0 Å². The average Bonchev–Trinajstić information content (AvgIpc) is 3.28. The van der Waals surface area contributed by atoms with Gasteiger partial charge in [0.1, 0.15) is 5.69 Å². The van der Waals surface area contributed by atoms with Gasteiger partial charge in [0.25, 0.3) is 11.5 Å². The number of nitrogens with two attached hydrogens (primary N) is 1. The summed E-state index contributed by atoms with van der Waals surface area (Å²) in [5.74, 6) is -1.13. The van der Waals surface area contributed by atoms with E-state index in [0.717, 1.165) is 22.8 Å². The van der Waals surface area contributed by atoms with Gasteiger partial charge in [-0.3, -0.25) is 14.2 Å². The first-order chi connectivity index (χ1) is 16.1. The van der Waals surface area contributed by atoms with E-state index in [1.54, 1.807) is 30.3 Å². The summed E-state index contributed by atoms with van der Waals surface area (Å²) < 4.78 is 42.3. The van der Waals surface area contributed by atoms with Crippen molar-refractivity contribution < 1.29 is 18.0 Å². The van der Waals surface area contributed by atoms with E-state index in [1.807, 2.05) is 6.07 Å². The van der Waals surface area contributed by atoms with Crippen LogP contribution in [0, 0.1) is 18.3 Å². The molecule has 0 radical (unpaired) electrons. The fraction of sp³-hybridized carbons (Fsp3) is 0.0870. The topological polar surface area (TPSA) is 120 Å². The van der Waals surface area contributed by atoms with E-state index < -0.39 is 28.9 Å². The molecule has 0 saturated carbocycles. The van der Waals surface area contributed by atoms with E-state index in [9.17, 15) is 22.8 Å². The van der Waals surface area contributed by atoms with E-state index in [-0.39, 0.29) is 17.1 Å². The molecule has 2 heterocycles. The predicted octanol–water partition coefficient (Wildman–Crippen LogP) is 3.38. The highest BCUT2D eigenvalue weighted by molar-refractivity contribution is 5.91. The molecule has 0 spiro atoms. The molecular weight excluding hydrogens is 449 g/mol. The Kier molecular flexibility index (Phi) is 5.50. The fourth-order valence-corrected chi connectivity index (χ4v) is 3.51. The second-order valence-electron chi connectivity index (χ2n) is 7.23. The van der Waals surface area contributed by atoms with Gasteiger partial charge in [-0.25, -0.2) is 9.67 Å². The SMILES string of the molecule is Cc1c(-c2ccnn2-c2ccc(C#N)cc2)nc(C(N)=O)c(=O)n1-c1cccc(C(F)(F)F)c1. The highest BCUT2D eigenvalue weighted by atomic mass is 19.4. The third-order valence-electron chi connectivity index (χ3n) is 5.10.